The smallest absolute Gasteiger partial charge is 0.137 e. The highest BCUT2D eigenvalue weighted by molar-refractivity contribution is 5.79. The quantitative estimate of drug-likeness (QED) is 0.824. The number of aromatic amines is 1. The van der Waals surface area contributed by atoms with Crippen molar-refractivity contribution in [1.29, 1.82) is 0 Å². The van der Waals surface area contributed by atoms with Gasteiger partial charge in [0, 0.05) is 37.5 Å². The van der Waals surface area contributed by atoms with Gasteiger partial charge < -0.3 is 15.0 Å². The molecule has 2 aromatic rings. The van der Waals surface area contributed by atoms with Gasteiger partial charge in [-0.25, -0.2) is 4.98 Å². The van der Waals surface area contributed by atoms with E-state index in [1.807, 2.05) is 19.2 Å². The van der Waals surface area contributed by atoms with E-state index < -0.39 is 0 Å². The Labute approximate surface area is 108 Å². The summed E-state index contributed by atoms with van der Waals surface area (Å²) in [5.74, 6) is 0. The van der Waals surface area contributed by atoms with Crippen molar-refractivity contribution in [3.8, 4) is 0 Å². The first-order chi connectivity index (χ1) is 8.62. The number of fused-ring (bicyclic) bond motifs is 1. The Hall–Kier alpha value is -1.39. The normalized spacial score (nSPS) is 12.2. The summed E-state index contributed by atoms with van der Waals surface area (Å²) in [5, 5.41) is 4.61. The fraction of sp³-hybridized carbons (Fsp3) is 0.500. The van der Waals surface area contributed by atoms with E-state index in [4.69, 9.17) is 4.74 Å². The standard InChI is InChI=1S/C14H21N3O/c1-4-18-14(2,3)10-15-8-11-9-17-13-12(11)6-5-7-16-13/h5-7,9,15H,4,8,10H2,1-3H3,(H,16,17). The molecule has 2 N–H and O–H groups in total. The molecule has 0 saturated carbocycles. The lowest BCUT2D eigenvalue weighted by Crippen LogP contribution is -2.37. The summed E-state index contributed by atoms with van der Waals surface area (Å²) >= 11 is 0. The molecule has 0 radical (unpaired) electrons. The maximum absolute atomic E-state index is 5.65. The number of nitrogens with zero attached hydrogens (tertiary/aromatic N) is 1. The molecule has 2 rings (SSSR count). The number of pyridine rings is 1. The van der Waals surface area contributed by atoms with E-state index in [0.29, 0.717) is 0 Å². The molecule has 0 aliphatic heterocycles. The van der Waals surface area contributed by atoms with Gasteiger partial charge in [-0.1, -0.05) is 0 Å². The number of ether oxygens (including phenoxy) is 1. The predicted molar refractivity (Wildman–Crippen MR) is 73.5 cm³/mol. The molecule has 0 bridgehead atoms. The monoisotopic (exact) mass is 247 g/mol. The second-order valence-corrected chi connectivity index (χ2v) is 5.01. The van der Waals surface area contributed by atoms with Crippen LogP contribution in [0.3, 0.4) is 0 Å². The van der Waals surface area contributed by atoms with Crippen molar-refractivity contribution in [2.75, 3.05) is 13.2 Å². The van der Waals surface area contributed by atoms with Gasteiger partial charge in [0.25, 0.3) is 0 Å². The molecule has 4 heteroatoms. The molecule has 0 spiro atoms. The van der Waals surface area contributed by atoms with E-state index in [0.717, 1.165) is 25.3 Å². The van der Waals surface area contributed by atoms with Crippen molar-refractivity contribution >= 4 is 11.0 Å². The lowest BCUT2D eigenvalue weighted by Gasteiger charge is -2.24. The van der Waals surface area contributed by atoms with Crippen LogP contribution in [-0.4, -0.2) is 28.7 Å². The van der Waals surface area contributed by atoms with Crippen molar-refractivity contribution in [3.63, 3.8) is 0 Å². The van der Waals surface area contributed by atoms with Gasteiger partial charge >= 0.3 is 0 Å². The maximum atomic E-state index is 5.65. The Morgan fingerprint density at radius 3 is 3.06 bits per heavy atom. The van der Waals surface area contributed by atoms with Crippen LogP contribution in [0.5, 0.6) is 0 Å². The van der Waals surface area contributed by atoms with Crippen LogP contribution in [0, 0.1) is 0 Å². The van der Waals surface area contributed by atoms with Crippen molar-refractivity contribution in [2.24, 2.45) is 0 Å². The van der Waals surface area contributed by atoms with Gasteiger partial charge in [0.2, 0.25) is 0 Å². The topological polar surface area (TPSA) is 49.9 Å². The third kappa shape index (κ3) is 3.09. The molecule has 0 amide bonds. The lowest BCUT2D eigenvalue weighted by atomic mass is 10.1. The number of H-pyrrole nitrogens is 1. The zero-order chi connectivity index (χ0) is 13.0. The van der Waals surface area contributed by atoms with Crippen molar-refractivity contribution in [3.05, 3.63) is 30.1 Å². The molecule has 0 aliphatic carbocycles. The second kappa shape index (κ2) is 5.50. The van der Waals surface area contributed by atoms with Crippen LogP contribution in [0.15, 0.2) is 24.5 Å². The molecule has 2 heterocycles. The van der Waals surface area contributed by atoms with Crippen LogP contribution in [0.1, 0.15) is 26.3 Å². The van der Waals surface area contributed by atoms with Crippen molar-refractivity contribution < 1.29 is 4.74 Å². The molecule has 0 unspecified atom stereocenters. The highest BCUT2D eigenvalue weighted by atomic mass is 16.5. The summed E-state index contributed by atoms with van der Waals surface area (Å²) in [6.45, 7) is 8.61. The van der Waals surface area contributed by atoms with Crippen LogP contribution < -0.4 is 5.32 Å². The second-order valence-electron chi connectivity index (χ2n) is 5.01. The lowest BCUT2D eigenvalue weighted by molar-refractivity contribution is -0.00896. The largest absolute Gasteiger partial charge is 0.375 e. The first kappa shape index (κ1) is 13.1. The molecular formula is C14H21N3O. The maximum Gasteiger partial charge on any atom is 0.137 e. The molecule has 0 aliphatic rings. The van der Waals surface area contributed by atoms with Gasteiger partial charge in [-0.2, -0.15) is 0 Å². The minimum atomic E-state index is -0.126. The molecule has 0 aromatic carbocycles. The summed E-state index contributed by atoms with van der Waals surface area (Å²) in [5.41, 5.74) is 2.06. The van der Waals surface area contributed by atoms with Crippen molar-refractivity contribution in [1.82, 2.24) is 15.3 Å². The number of nitrogens with one attached hydrogen (secondary N) is 2. The fourth-order valence-corrected chi connectivity index (χ4v) is 2.10. The number of hydrogen-bond donors (Lipinski definition) is 2. The predicted octanol–water partition coefficient (Wildman–Crippen LogP) is 2.47. The van der Waals surface area contributed by atoms with Gasteiger partial charge in [0.05, 0.1) is 5.60 Å². The molecule has 2 aromatic heterocycles. The van der Waals surface area contributed by atoms with E-state index in [2.05, 4.69) is 35.2 Å². The van der Waals surface area contributed by atoms with Gasteiger partial charge in [0.15, 0.2) is 0 Å². The first-order valence-electron chi connectivity index (χ1n) is 6.38. The SMILES string of the molecule is CCOC(C)(C)CNCc1c[nH]c2ncccc12. The summed E-state index contributed by atoms with van der Waals surface area (Å²) in [6, 6.07) is 4.05. The van der Waals surface area contributed by atoms with Gasteiger partial charge in [0.1, 0.15) is 5.65 Å². The Bertz CT molecular complexity index is 504. The average molecular weight is 247 g/mol. The van der Waals surface area contributed by atoms with Crippen LogP contribution >= 0.6 is 0 Å². The Morgan fingerprint density at radius 1 is 1.44 bits per heavy atom. The number of hydrogen-bond acceptors (Lipinski definition) is 3. The van der Waals surface area contributed by atoms with E-state index in [9.17, 15) is 0 Å². The summed E-state index contributed by atoms with van der Waals surface area (Å²) in [7, 11) is 0. The molecule has 98 valence electrons. The van der Waals surface area contributed by atoms with E-state index in [1.165, 1.54) is 10.9 Å². The van der Waals surface area contributed by atoms with Crippen LogP contribution in [0.25, 0.3) is 11.0 Å². The van der Waals surface area contributed by atoms with Gasteiger partial charge in [-0.3, -0.25) is 0 Å². The zero-order valence-electron chi connectivity index (χ0n) is 11.3. The van der Waals surface area contributed by atoms with Gasteiger partial charge in [-0.05, 0) is 38.5 Å². The Kier molecular flexibility index (Phi) is 3.99. The number of rotatable bonds is 6. The van der Waals surface area contributed by atoms with E-state index >= 15 is 0 Å². The van der Waals surface area contributed by atoms with E-state index in [1.54, 1.807) is 6.20 Å². The third-order valence-electron chi connectivity index (χ3n) is 2.94. The molecule has 4 nitrogen and oxygen atoms in total. The summed E-state index contributed by atoms with van der Waals surface area (Å²) in [4.78, 5) is 7.46. The third-order valence-corrected chi connectivity index (χ3v) is 2.94. The zero-order valence-corrected chi connectivity index (χ0v) is 11.3. The first-order valence-corrected chi connectivity index (χ1v) is 6.38. The Balaban J connectivity index is 1.94. The summed E-state index contributed by atoms with van der Waals surface area (Å²) in [6.07, 6.45) is 3.81. The van der Waals surface area contributed by atoms with Crippen molar-refractivity contribution in [2.45, 2.75) is 32.9 Å². The summed E-state index contributed by atoms with van der Waals surface area (Å²) < 4.78 is 5.65. The Morgan fingerprint density at radius 2 is 2.28 bits per heavy atom. The molecule has 0 fully saturated rings. The van der Waals surface area contributed by atoms with E-state index in [-0.39, 0.29) is 5.60 Å². The van der Waals surface area contributed by atoms with Crippen LogP contribution in [-0.2, 0) is 11.3 Å². The minimum Gasteiger partial charge on any atom is -0.375 e. The molecule has 18 heavy (non-hydrogen) atoms. The fourth-order valence-electron chi connectivity index (χ4n) is 2.10. The average Bonchev–Trinajstić information content (AvgIpc) is 2.73. The minimum absolute atomic E-state index is 0.126. The highest BCUT2D eigenvalue weighted by Gasteiger charge is 2.16. The van der Waals surface area contributed by atoms with Gasteiger partial charge in [-0.15, -0.1) is 0 Å². The molecular weight excluding hydrogens is 226 g/mol. The molecule has 0 atom stereocenters. The number of aromatic nitrogens is 2. The van der Waals surface area contributed by atoms with Crippen LogP contribution in [0.4, 0.5) is 0 Å². The van der Waals surface area contributed by atoms with Crippen LogP contribution in [0.2, 0.25) is 0 Å². The highest BCUT2D eigenvalue weighted by Crippen LogP contribution is 2.15. The molecule has 0 saturated heterocycles.